The predicted molar refractivity (Wildman–Crippen MR) is 73.8 cm³/mol. The molecule has 0 aliphatic rings. The number of aryl methyl sites for hydroxylation is 1. The number of carbonyl (C=O) groups is 1. The monoisotopic (exact) mass is 316 g/mol. The number of nitrogens with zero attached hydrogens (tertiary/aromatic N) is 2. The summed E-state index contributed by atoms with van der Waals surface area (Å²) < 4.78 is 0.931. The molecular formula is C14H9BrN2O2. The molecule has 0 unspecified atom stereocenters. The molecule has 0 atom stereocenters. The molecule has 0 radical (unpaired) electrons. The maximum Gasteiger partial charge on any atom is 0.337 e. The molecule has 0 spiro atoms. The number of nitriles is 1. The fraction of sp³-hybridized carbons (Fsp3) is 0.0714. The van der Waals surface area contributed by atoms with Crippen LogP contribution in [-0.2, 0) is 0 Å². The van der Waals surface area contributed by atoms with Crippen molar-refractivity contribution in [3.05, 3.63) is 51.6 Å². The Kier molecular flexibility index (Phi) is 3.63. The lowest BCUT2D eigenvalue weighted by Gasteiger charge is -2.07. The highest BCUT2D eigenvalue weighted by Crippen LogP contribution is 2.23. The number of rotatable bonds is 2. The molecule has 1 aromatic carbocycles. The van der Waals surface area contributed by atoms with E-state index in [0.29, 0.717) is 11.4 Å². The molecule has 2 rings (SSSR count). The summed E-state index contributed by atoms with van der Waals surface area (Å²) in [7, 11) is 0. The molecule has 0 saturated heterocycles. The first-order valence-corrected chi connectivity index (χ1v) is 6.23. The summed E-state index contributed by atoms with van der Waals surface area (Å²) >= 11 is 3.34. The molecule has 1 aromatic heterocycles. The van der Waals surface area contributed by atoms with Crippen LogP contribution in [0.25, 0.3) is 11.3 Å². The van der Waals surface area contributed by atoms with Crippen molar-refractivity contribution < 1.29 is 9.90 Å². The standard InChI is InChI=1S/C14H9BrN2O2/c1-8-12(7-16)11(14(18)19)6-13(17-8)9-2-4-10(15)5-3-9/h2-6H,1H3,(H,18,19). The van der Waals surface area contributed by atoms with Crippen molar-refractivity contribution in [1.29, 1.82) is 5.26 Å². The Labute approximate surface area is 118 Å². The lowest BCUT2D eigenvalue weighted by Crippen LogP contribution is -2.05. The third kappa shape index (κ3) is 2.64. The maximum atomic E-state index is 11.2. The summed E-state index contributed by atoms with van der Waals surface area (Å²) in [5.74, 6) is -1.12. The Morgan fingerprint density at radius 3 is 2.53 bits per heavy atom. The number of aromatic carboxylic acids is 1. The van der Waals surface area contributed by atoms with Gasteiger partial charge in [-0.25, -0.2) is 4.79 Å². The molecule has 94 valence electrons. The molecular weight excluding hydrogens is 308 g/mol. The van der Waals surface area contributed by atoms with E-state index in [1.54, 1.807) is 6.92 Å². The highest BCUT2D eigenvalue weighted by molar-refractivity contribution is 9.10. The summed E-state index contributed by atoms with van der Waals surface area (Å²) in [5, 5.41) is 18.1. The zero-order chi connectivity index (χ0) is 14.0. The fourth-order valence-corrected chi connectivity index (χ4v) is 2.02. The zero-order valence-electron chi connectivity index (χ0n) is 10.0. The Morgan fingerprint density at radius 2 is 2.00 bits per heavy atom. The van der Waals surface area contributed by atoms with E-state index in [-0.39, 0.29) is 11.1 Å². The highest BCUT2D eigenvalue weighted by atomic mass is 79.9. The van der Waals surface area contributed by atoms with Crippen molar-refractivity contribution >= 4 is 21.9 Å². The topological polar surface area (TPSA) is 74.0 Å². The van der Waals surface area contributed by atoms with Gasteiger partial charge in [-0.1, -0.05) is 28.1 Å². The molecule has 5 heteroatoms. The van der Waals surface area contributed by atoms with Crippen molar-refractivity contribution in [3.8, 4) is 17.3 Å². The smallest absolute Gasteiger partial charge is 0.337 e. The van der Waals surface area contributed by atoms with Crippen molar-refractivity contribution in [2.75, 3.05) is 0 Å². The number of carboxylic acids is 1. The Balaban J connectivity index is 2.64. The first kappa shape index (κ1) is 13.2. The van der Waals surface area contributed by atoms with Crippen LogP contribution in [0.3, 0.4) is 0 Å². The molecule has 0 bridgehead atoms. The second-order valence-corrected chi connectivity index (χ2v) is 4.85. The van der Waals surface area contributed by atoms with Gasteiger partial charge in [-0.2, -0.15) is 5.26 Å². The van der Waals surface area contributed by atoms with E-state index in [4.69, 9.17) is 10.4 Å². The van der Waals surface area contributed by atoms with Crippen LogP contribution in [0.4, 0.5) is 0 Å². The summed E-state index contributed by atoms with van der Waals surface area (Å²) in [6, 6.07) is 10.7. The predicted octanol–water partition coefficient (Wildman–Crippen LogP) is 3.39. The van der Waals surface area contributed by atoms with Gasteiger partial charge in [0.05, 0.1) is 22.5 Å². The summed E-state index contributed by atoms with van der Waals surface area (Å²) in [4.78, 5) is 15.5. The molecule has 4 nitrogen and oxygen atoms in total. The van der Waals surface area contributed by atoms with E-state index in [9.17, 15) is 4.79 Å². The van der Waals surface area contributed by atoms with Crippen molar-refractivity contribution in [2.24, 2.45) is 0 Å². The van der Waals surface area contributed by atoms with Crippen LogP contribution in [0.15, 0.2) is 34.8 Å². The second kappa shape index (κ2) is 5.21. The van der Waals surface area contributed by atoms with Gasteiger partial charge in [-0.3, -0.25) is 4.98 Å². The average Bonchev–Trinajstić information content (AvgIpc) is 2.38. The first-order chi connectivity index (χ1) is 9.02. The van der Waals surface area contributed by atoms with Gasteiger partial charge in [-0.05, 0) is 25.1 Å². The van der Waals surface area contributed by atoms with Gasteiger partial charge in [0.25, 0.3) is 0 Å². The minimum Gasteiger partial charge on any atom is -0.478 e. The minimum absolute atomic E-state index is 0.0204. The number of aromatic nitrogens is 1. The number of carboxylic acid groups (broad SMARTS) is 1. The van der Waals surface area contributed by atoms with Gasteiger partial charge in [-0.15, -0.1) is 0 Å². The van der Waals surface area contributed by atoms with Crippen molar-refractivity contribution in [3.63, 3.8) is 0 Å². The van der Waals surface area contributed by atoms with E-state index < -0.39 is 5.97 Å². The Hall–Kier alpha value is -2.19. The van der Waals surface area contributed by atoms with Gasteiger partial charge >= 0.3 is 5.97 Å². The summed E-state index contributed by atoms with van der Waals surface area (Å²) in [6.07, 6.45) is 0. The second-order valence-electron chi connectivity index (χ2n) is 3.94. The van der Waals surface area contributed by atoms with E-state index in [2.05, 4.69) is 20.9 Å². The molecule has 19 heavy (non-hydrogen) atoms. The SMILES string of the molecule is Cc1nc(-c2ccc(Br)cc2)cc(C(=O)O)c1C#N. The largest absolute Gasteiger partial charge is 0.478 e. The van der Waals surface area contributed by atoms with Gasteiger partial charge in [0.2, 0.25) is 0 Å². The number of hydrogen-bond acceptors (Lipinski definition) is 3. The number of benzene rings is 1. The first-order valence-electron chi connectivity index (χ1n) is 5.44. The third-order valence-corrected chi connectivity index (χ3v) is 3.21. The third-order valence-electron chi connectivity index (χ3n) is 2.68. The highest BCUT2D eigenvalue weighted by Gasteiger charge is 2.15. The normalized spacial score (nSPS) is 9.95. The van der Waals surface area contributed by atoms with Crippen LogP contribution < -0.4 is 0 Å². The van der Waals surface area contributed by atoms with Gasteiger partial charge < -0.3 is 5.11 Å². The van der Waals surface area contributed by atoms with Crippen LogP contribution in [0.2, 0.25) is 0 Å². The number of pyridine rings is 1. The fourth-order valence-electron chi connectivity index (χ4n) is 1.75. The van der Waals surface area contributed by atoms with E-state index in [1.165, 1.54) is 6.07 Å². The molecule has 1 N–H and O–H groups in total. The maximum absolute atomic E-state index is 11.2. The molecule has 0 fully saturated rings. The molecule has 1 heterocycles. The minimum atomic E-state index is -1.12. The Morgan fingerprint density at radius 1 is 1.37 bits per heavy atom. The molecule has 0 aliphatic heterocycles. The van der Waals surface area contributed by atoms with Gasteiger partial charge in [0, 0.05) is 10.0 Å². The Bertz CT molecular complexity index is 688. The lowest BCUT2D eigenvalue weighted by atomic mass is 10.0. The molecule has 0 saturated carbocycles. The lowest BCUT2D eigenvalue weighted by molar-refractivity contribution is 0.0696. The average molecular weight is 317 g/mol. The van der Waals surface area contributed by atoms with E-state index in [0.717, 1.165) is 10.0 Å². The summed E-state index contributed by atoms with van der Waals surface area (Å²) in [6.45, 7) is 1.63. The number of hydrogen-bond donors (Lipinski definition) is 1. The van der Waals surface area contributed by atoms with Gasteiger partial charge in [0.1, 0.15) is 6.07 Å². The quantitative estimate of drug-likeness (QED) is 0.921. The molecule has 2 aromatic rings. The van der Waals surface area contributed by atoms with Crippen molar-refractivity contribution in [1.82, 2.24) is 4.98 Å². The van der Waals surface area contributed by atoms with Crippen LogP contribution in [-0.4, -0.2) is 16.1 Å². The van der Waals surface area contributed by atoms with Crippen molar-refractivity contribution in [2.45, 2.75) is 6.92 Å². The van der Waals surface area contributed by atoms with Crippen LogP contribution >= 0.6 is 15.9 Å². The van der Waals surface area contributed by atoms with Crippen LogP contribution in [0.1, 0.15) is 21.6 Å². The summed E-state index contributed by atoms with van der Waals surface area (Å²) in [5.41, 5.74) is 1.85. The molecule has 0 aliphatic carbocycles. The van der Waals surface area contributed by atoms with Gasteiger partial charge in [0.15, 0.2) is 0 Å². The zero-order valence-corrected chi connectivity index (χ0v) is 11.6. The number of halogens is 1. The molecule has 0 amide bonds. The van der Waals surface area contributed by atoms with E-state index >= 15 is 0 Å². The van der Waals surface area contributed by atoms with E-state index in [1.807, 2.05) is 30.3 Å². The van der Waals surface area contributed by atoms with Crippen LogP contribution in [0.5, 0.6) is 0 Å². The van der Waals surface area contributed by atoms with Crippen LogP contribution in [0, 0.1) is 18.3 Å².